The molecule has 3 rings (SSSR count). The van der Waals surface area contributed by atoms with E-state index in [0.717, 1.165) is 22.3 Å². The van der Waals surface area contributed by atoms with Crippen molar-refractivity contribution >= 4 is 16.8 Å². The highest BCUT2D eigenvalue weighted by Gasteiger charge is 2.09. The maximum absolute atomic E-state index is 11.9. The number of pyridine rings is 1. The molecule has 0 aliphatic carbocycles. The first-order valence-electron chi connectivity index (χ1n) is 8.77. The lowest BCUT2D eigenvalue weighted by atomic mass is 9.97. The largest absolute Gasteiger partial charge is 0.489 e. The van der Waals surface area contributed by atoms with E-state index in [1.54, 1.807) is 24.3 Å². The lowest BCUT2D eigenvalue weighted by Gasteiger charge is -2.12. The maximum Gasteiger partial charge on any atom is 0.316 e. The molecule has 28 heavy (non-hydrogen) atoms. The van der Waals surface area contributed by atoms with Gasteiger partial charge in [0.25, 0.3) is 0 Å². The molecule has 1 aromatic heterocycles. The first kappa shape index (κ1) is 19.8. The fraction of sp³-hybridized carbons (Fsp3) is 0.182. The van der Waals surface area contributed by atoms with Crippen LogP contribution in [0, 0.1) is 13.8 Å². The van der Waals surface area contributed by atoms with Gasteiger partial charge in [-0.3, -0.25) is 14.0 Å². The molecule has 1 N–H and O–H groups in total. The Morgan fingerprint density at radius 3 is 2.39 bits per heavy atom. The monoisotopic (exact) mass is 395 g/mol. The summed E-state index contributed by atoms with van der Waals surface area (Å²) in [4.78, 5) is 15.4. The van der Waals surface area contributed by atoms with Crippen LogP contribution in [0.1, 0.15) is 16.7 Å². The number of aliphatic carboxylic acids is 1. The average molecular weight is 395 g/mol. The third-order valence-corrected chi connectivity index (χ3v) is 5.59. The number of rotatable bonds is 7. The zero-order valence-electron chi connectivity index (χ0n) is 15.7. The molecule has 144 valence electrons. The number of aryl methyl sites for hydroxylation is 2. The molecular formula is C22H21NO4S. The number of carboxylic acid groups (broad SMARTS) is 1. The van der Waals surface area contributed by atoms with Crippen LogP contribution in [-0.4, -0.2) is 26.0 Å². The van der Waals surface area contributed by atoms with E-state index in [1.807, 2.05) is 38.4 Å². The number of ether oxygens (including phenoxy) is 1. The summed E-state index contributed by atoms with van der Waals surface area (Å²) >= 11 is 0. The topological polar surface area (TPSA) is 76.5 Å². The van der Waals surface area contributed by atoms with E-state index in [1.165, 1.54) is 5.56 Å². The van der Waals surface area contributed by atoms with E-state index in [2.05, 4.69) is 17.1 Å². The summed E-state index contributed by atoms with van der Waals surface area (Å²) in [6.07, 6.45) is 3.72. The van der Waals surface area contributed by atoms with E-state index in [-0.39, 0.29) is 0 Å². The maximum atomic E-state index is 11.9. The zero-order valence-corrected chi connectivity index (χ0v) is 16.5. The Labute approximate surface area is 166 Å². The van der Waals surface area contributed by atoms with Crippen molar-refractivity contribution < 1.29 is 18.8 Å². The second kappa shape index (κ2) is 8.80. The van der Waals surface area contributed by atoms with Crippen LogP contribution in [0.5, 0.6) is 5.75 Å². The Hall–Kier alpha value is -2.99. The van der Waals surface area contributed by atoms with Gasteiger partial charge in [0.2, 0.25) is 0 Å². The molecular weight excluding hydrogens is 374 g/mol. The molecule has 0 aliphatic heterocycles. The first-order chi connectivity index (χ1) is 13.4. The van der Waals surface area contributed by atoms with E-state index in [0.29, 0.717) is 17.3 Å². The molecule has 5 nitrogen and oxygen atoms in total. The van der Waals surface area contributed by atoms with Gasteiger partial charge in [-0.15, -0.1) is 0 Å². The average Bonchev–Trinajstić information content (AvgIpc) is 2.66. The highest BCUT2D eigenvalue weighted by molar-refractivity contribution is 7.85. The van der Waals surface area contributed by atoms with E-state index in [9.17, 15) is 9.00 Å². The number of carboxylic acids is 1. The Bertz CT molecular complexity index is 995. The molecule has 0 bridgehead atoms. The van der Waals surface area contributed by atoms with Crippen molar-refractivity contribution in [3.63, 3.8) is 0 Å². The van der Waals surface area contributed by atoms with Crippen LogP contribution in [-0.2, 0) is 22.2 Å². The quantitative estimate of drug-likeness (QED) is 0.651. The fourth-order valence-corrected chi connectivity index (χ4v) is 3.85. The van der Waals surface area contributed by atoms with E-state index in [4.69, 9.17) is 9.84 Å². The summed E-state index contributed by atoms with van der Waals surface area (Å²) in [5, 5.41) is 8.73. The van der Waals surface area contributed by atoms with Gasteiger partial charge in [-0.1, -0.05) is 18.2 Å². The van der Waals surface area contributed by atoms with Gasteiger partial charge in [-0.05, 0) is 72.0 Å². The summed E-state index contributed by atoms with van der Waals surface area (Å²) in [5.74, 6) is -0.850. The Kier molecular flexibility index (Phi) is 6.21. The molecule has 0 amide bonds. The predicted octanol–water partition coefficient (Wildman–Crippen LogP) is 4.14. The lowest BCUT2D eigenvalue weighted by Crippen LogP contribution is -2.09. The van der Waals surface area contributed by atoms with Gasteiger partial charge in [0.15, 0.2) is 0 Å². The highest BCUT2D eigenvalue weighted by Crippen LogP contribution is 2.27. The first-order valence-corrected chi connectivity index (χ1v) is 10.1. The minimum absolute atomic E-state index is 0.397. The van der Waals surface area contributed by atoms with E-state index >= 15 is 0 Å². The number of hydrogen-bond acceptors (Lipinski definition) is 4. The van der Waals surface area contributed by atoms with Gasteiger partial charge in [0, 0.05) is 17.3 Å². The lowest BCUT2D eigenvalue weighted by molar-refractivity contribution is -0.133. The van der Waals surface area contributed by atoms with Crippen LogP contribution in [0.2, 0.25) is 0 Å². The van der Waals surface area contributed by atoms with Crippen LogP contribution < -0.4 is 4.74 Å². The summed E-state index contributed by atoms with van der Waals surface area (Å²) in [5.41, 5.74) is 5.60. The third kappa shape index (κ3) is 4.84. The van der Waals surface area contributed by atoms with Crippen LogP contribution >= 0.6 is 0 Å². The molecule has 6 heteroatoms. The van der Waals surface area contributed by atoms with Crippen LogP contribution in [0.15, 0.2) is 65.8 Å². The molecule has 2 aromatic carbocycles. The predicted molar refractivity (Wildman–Crippen MR) is 109 cm³/mol. The molecule has 0 saturated carbocycles. The molecule has 0 fully saturated rings. The number of hydrogen-bond donors (Lipinski definition) is 1. The standard InChI is InChI=1S/C22H21NO4S/c1-15-11-23-12-16(2)22(15)18-5-3-4-17(10-18)13-27-19-6-8-20(9-7-19)28(26)14-21(24)25/h3-12H,13-14H2,1-2H3,(H,24,25). The molecule has 1 atom stereocenters. The second-order valence-electron chi connectivity index (χ2n) is 6.49. The SMILES string of the molecule is Cc1cncc(C)c1-c1cccc(COc2ccc(S(=O)CC(=O)O)cc2)c1. The Morgan fingerprint density at radius 2 is 1.75 bits per heavy atom. The van der Waals surface area contributed by atoms with Gasteiger partial charge in [0.05, 0.1) is 10.8 Å². The van der Waals surface area contributed by atoms with Crippen molar-refractivity contribution in [3.8, 4) is 16.9 Å². The molecule has 1 heterocycles. The zero-order chi connectivity index (χ0) is 20.1. The number of aromatic nitrogens is 1. The van der Waals surface area contributed by atoms with Gasteiger partial charge in [-0.25, -0.2) is 0 Å². The van der Waals surface area contributed by atoms with Crippen LogP contribution in [0.4, 0.5) is 0 Å². The summed E-state index contributed by atoms with van der Waals surface area (Å²) in [6, 6.07) is 14.9. The minimum Gasteiger partial charge on any atom is -0.489 e. The minimum atomic E-state index is -1.55. The van der Waals surface area contributed by atoms with Crippen molar-refractivity contribution in [1.82, 2.24) is 4.98 Å². The number of nitrogens with zero attached hydrogens (tertiary/aromatic N) is 1. The molecule has 0 saturated heterocycles. The van der Waals surface area contributed by atoms with Gasteiger partial charge in [0.1, 0.15) is 18.1 Å². The molecule has 0 radical (unpaired) electrons. The second-order valence-corrected chi connectivity index (χ2v) is 7.94. The summed E-state index contributed by atoms with van der Waals surface area (Å²) < 4.78 is 17.7. The fourth-order valence-electron chi connectivity index (χ4n) is 3.02. The normalized spacial score (nSPS) is 11.8. The van der Waals surface area contributed by atoms with Crippen LogP contribution in [0.3, 0.4) is 0 Å². The molecule has 1 unspecified atom stereocenters. The smallest absolute Gasteiger partial charge is 0.316 e. The number of benzene rings is 2. The van der Waals surface area contributed by atoms with Crippen molar-refractivity contribution in [2.24, 2.45) is 0 Å². The van der Waals surface area contributed by atoms with Crippen molar-refractivity contribution in [3.05, 3.63) is 77.6 Å². The highest BCUT2D eigenvalue weighted by atomic mass is 32.2. The van der Waals surface area contributed by atoms with Gasteiger partial charge in [-0.2, -0.15) is 0 Å². The number of carbonyl (C=O) groups is 1. The summed E-state index contributed by atoms with van der Waals surface area (Å²) in [6.45, 7) is 4.50. The van der Waals surface area contributed by atoms with Crippen LogP contribution in [0.25, 0.3) is 11.1 Å². The molecule has 0 spiro atoms. The summed E-state index contributed by atoms with van der Waals surface area (Å²) in [7, 11) is -1.55. The van der Waals surface area contributed by atoms with Crippen molar-refractivity contribution in [2.45, 2.75) is 25.3 Å². The Balaban J connectivity index is 1.70. The third-order valence-electron chi connectivity index (χ3n) is 4.29. The van der Waals surface area contributed by atoms with Crippen molar-refractivity contribution in [2.75, 3.05) is 5.75 Å². The van der Waals surface area contributed by atoms with Gasteiger partial charge >= 0.3 is 5.97 Å². The molecule has 0 aliphatic rings. The molecule has 3 aromatic rings. The van der Waals surface area contributed by atoms with E-state index < -0.39 is 22.5 Å². The van der Waals surface area contributed by atoms with Crippen molar-refractivity contribution in [1.29, 1.82) is 0 Å². The van der Waals surface area contributed by atoms with Gasteiger partial charge < -0.3 is 9.84 Å². The Morgan fingerprint density at radius 1 is 1.07 bits per heavy atom.